The highest BCUT2D eigenvalue weighted by Gasteiger charge is 2.32. The Bertz CT molecular complexity index is 538. The summed E-state index contributed by atoms with van der Waals surface area (Å²) < 4.78 is 41.1. The van der Waals surface area contributed by atoms with Crippen LogP contribution in [0.15, 0.2) is 18.2 Å². The van der Waals surface area contributed by atoms with Gasteiger partial charge in [-0.05, 0) is 36.5 Å². The molecule has 1 fully saturated rings. The molecule has 26 heavy (non-hydrogen) atoms. The topological polar surface area (TPSA) is 24.5 Å². The Hall–Kier alpha value is -0.400. The summed E-state index contributed by atoms with van der Waals surface area (Å²) in [6, 6.07) is 4.78. The standard InChI is InChI=1S/C17H24ClF3N2O.2ClH/c1-12(2)3-5-15(23-9-7-22-8-10-23)13-4-6-16(14(18)11-13)24-17(19,20)21;;/h4,6,11-12,15,22H,3,5,7-10H2,1-2H3;2*1H/t15-;;/m1../s1. The predicted molar refractivity (Wildman–Crippen MR) is 104 cm³/mol. The summed E-state index contributed by atoms with van der Waals surface area (Å²) in [6.45, 7) is 8.01. The second-order valence-corrected chi connectivity index (χ2v) is 6.92. The van der Waals surface area contributed by atoms with Crippen LogP contribution in [0.3, 0.4) is 0 Å². The SMILES string of the molecule is CC(C)CC[C@H](c1ccc(OC(F)(F)F)c(Cl)c1)N1CCNCC1.Cl.Cl. The second-order valence-electron chi connectivity index (χ2n) is 6.51. The van der Waals surface area contributed by atoms with Gasteiger partial charge in [0.2, 0.25) is 0 Å². The summed E-state index contributed by atoms with van der Waals surface area (Å²) in [5.41, 5.74) is 0.942. The van der Waals surface area contributed by atoms with Gasteiger partial charge in [-0.2, -0.15) is 0 Å². The molecular weight excluding hydrogens is 412 g/mol. The third-order valence-electron chi connectivity index (χ3n) is 4.18. The quantitative estimate of drug-likeness (QED) is 0.639. The average Bonchev–Trinajstić information content (AvgIpc) is 2.49. The van der Waals surface area contributed by atoms with E-state index < -0.39 is 6.36 Å². The highest BCUT2D eigenvalue weighted by atomic mass is 35.5. The number of piperazine rings is 1. The van der Waals surface area contributed by atoms with Crippen LogP contribution in [0, 0.1) is 5.92 Å². The predicted octanol–water partition coefficient (Wildman–Crippen LogP) is 5.46. The number of hydrogen-bond donors (Lipinski definition) is 1. The fourth-order valence-corrected chi connectivity index (χ4v) is 3.20. The molecule has 0 aromatic heterocycles. The first-order valence-electron chi connectivity index (χ1n) is 8.26. The van der Waals surface area contributed by atoms with Crippen LogP contribution < -0.4 is 10.1 Å². The summed E-state index contributed by atoms with van der Waals surface area (Å²) in [4.78, 5) is 2.37. The van der Waals surface area contributed by atoms with Crippen LogP contribution in [-0.2, 0) is 0 Å². The zero-order valence-corrected chi connectivity index (χ0v) is 17.2. The van der Waals surface area contributed by atoms with Crippen LogP contribution in [0.4, 0.5) is 13.2 Å². The van der Waals surface area contributed by atoms with Crippen LogP contribution in [0.2, 0.25) is 5.02 Å². The van der Waals surface area contributed by atoms with Crippen molar-refractivity contribution in [3.05, 3.63) is 28.8 Å². The largest absolute Gasteiger partial charge is 0.573 e. The van der Waals surface area contributed by atoms with Crippen molar-refractivity contribution in [1.29, 1.82) is 0 Å². The number of halogens is 6. The van der Waals surface area contributed by atoms with Crippen LogP contribution in [-0.4, -0.2) is 37.4 Å². The Balaban J connectivity index is 0.00000312. The lowest BCUT2D eigenvalue weighted by Crippen LogP contribution is -2.45. The first kappa shape index (κ1) is 25.6. The molecule has 0 saturated carbocycles. The summed E-state index contributed by atoms with van der Waals surface area (Å²) in [7, 11) is 0. The van der Waals surface area contributed by atoms with Gasteiger partial charge in [-0.1, -0.05) is 31.5 Å². The van der Waals surface area contributed by atoms with E-state index in [4.69, 9.17) is 11.6 Å². The molecule has 2 rings (SSSR count). The molecule has 0 aliphatic carbocycles. The zero-order valence-electron chi connectivity index (χ0n) is 14.8. The van der Waals surface area contributed by atoms with E-state index >= 15 is 0 Å². The molecular formula is C17H26Cl3F3N2O. The van der Waals surface area contributed by atoms with Gasteiger partial charge in [0.05, 0.1) is 5.02 Å². The van der Waals surface area contributed by atoms with E-state index in [1.165, 1.54) is 6.07 Å². The molecule has 1 aromatic rings. The molecule has 0 bridgehead atoms. The van der Waals surface area contributed by atoms with E-state index in [-0.39, 0.29) is 41.6 Å². The Morgan fingerprint density at radius 1 is 1.15 bits per heavy atom. The molecule has 0 radical (unpaired) electrons. The number of nitrogens with one attached hydrogen (secondary N) is 1. The van der Waals surface area contributed by atoms with Gasteiger partial charge in [0.15, 0.2) is 0 Å². The number of ether oxygens (including phenoxy) is 1. The highest BCUT2D eigenvalue weighted by Crippen LogP contribution is 2.35. The molecule has 3 nitrogen and oxygen atoms in total. The van der Waals surface area contributed by atoms with Gasteiger partial charge in [0.1, 0.15) is 5.75 Å². The number of nitrogens with zero attached hydrogens (tertiary/aromatic N) is 1. The molecule has 1 heterocycles. The first-order valence-corrected chi connectivity index (χ1v) is 8.64. The van der Waals surface area contributed by atoms with Crippen molar-refractivity contribution in [2.45, 2.75) is 39.1 Å². The van der Waals surface area contributed by atoms with Crippen molar-refractivity contribution in [2.24, 2.45) is 5.92 Å². The van der Waals surface area contributed by atoms with Gasteiger partial charge < -0.3 is 10.1 Å². The third-order valence-corrected chi connectivity index (χ3v) is 4.47. The molecule has 152 valence electrons. The first-order chi connectivity index (χ1) is 11.3. The monoisotopic (exact) mass is 436 g/mol. The molecule has 9 heteroatoms. The Morgan fingerprint density at radius 3 is 2.27 bits per heavy atom. The Labute approximate surface area is 170 Å². The van der Waals surface area contributed by atoms with Crippen molar-refractivity contribution in [3.63, 3.8) is 0 Å². The average molecular weight is 438 g/mol. The van der Waals surface area contributed by atoms with E-state index in [0.717, 1.165) is 44.6 Å². The maximum Gasteiger partial charge on any atom is 0.573 e. The van der Waals surface area contributed by atoms with Gasteiger partial charge in [0, 0.05) is 32.2 Å². The fraction of sp³-hybridized carbons (Fsp3) is 0.647. The number of benzene rings is 1. The van der Waals surface area contributed by atoms with Gasteiger partial charge >= 0.3 is 6.36 Å². The van der Waals surface area contributed by atoms with Gasteiger partial charge in [-0.25, -0.2) is 0 Å². The highest BCUT2D eigenvalue weighted by molar-refractivity contribution is 6.32. The van der Waals surface area contributed by atoms with Gasteiger partial charge in [-0.3, -0.25) is 4.90 Å². The second kappa shape index (κ2) is 11.4. The summed E-state index contributed by atoms with van der Waals surface area (Å²) in [5, 5.41) is 3.31. The molecule has 1 atom stereocenters. The van der Waals surface area contributed by atoms with Gasteiger partial charge in [-0.15, -0.1) is 38.0 Å². The normalized spacial score (nSPS) is 16.6. The van der Waals surface area contributed by atoms with Crippen molar-refractivity contribution < 1.29 is 17.9 Å². The molecule has 1 N–H and O–H groups in total. The van der Waals surface area contributed by atoms with E-state index in [9.17, 15) is 13.2 Å². The fourth-order valence-electron chi connectivity index (χ4n) is 2.98. The molecule has 0 amide bonds. The van der Waals surface area contributed by atoms with Crippen LogP contribution in [0.5, 0.6) is 5.75 Å². The smallest absolute Gasteiger partial charge is 0.404 e. The Kier molecular flexibility index (Phi) is 11.3. The molecule has 1 aliphatic heterocycles. The minimum absolute atomic E-state index is 0. The summed E-state index contributed by atoms with van der Waals surface area (Å²) in [6.07, 6.45) is -2.73. The van der Waals surface area contributed by atoms with Crippen molar-refractivity contribution in [3.8, 4) is 5.75 Å². The molecule has 1 aliphatic rings. The molecule has 1 saturated heterocycles. The van der Waals surface area contributed by atoms with E-state index in [1.54, 1.807) is 12.1 Å². The van der Waals surface area contributed by atoms with Crippen LogP contribution >= 0.6 is 36.4 Å². The maximum atomic E-state index is 12.4. The van der Waals surface area contributed by atoms with E-state index in [1.807, 2.05) is 0 Å². The maximum absolute atomic E-state index is 12.4. The minimum Gasteiger partial charge on any atom is -0.404 e. The van der Waals surface area contributed by atoms with E-state index in [0.29, 0.717) is 5.92 Å². The van der Waals surface area contributed by atoms with Crippen molar-refractivity contribution in [2.75, 3.05) is 26.2 Å². The lowest BCUT2D eigenvalue weighted by atomic mass is 9.95. The van der Waals surface area contributed by atoms with Gasteiger partial charge in [0.25, 0.3) is 0 Å². The van der Waals surface area contributed by atoms with Crippen molar-refractivity contribution in [1.82, 2.24) is 10.2 Å². The molecule has 0 spiro atoms. The van der Waals surface area contributed by atoms with Crippen LogP contribution in [0.25, 0.3) is 0 Å². The third kappa shape index (κ3) is 8.09. The lowest BCUT2D eigenvalue weighted by Gasteiger charge is -2.36. The van der Waals surface area contributed by atoms with E-state index in [2.05, 4.69) is 28.8 Å². The molecule has 1 aromatic carbocycles. The van der Waals surface area contributed by atoms with Crippen molar-refractivity contribution >= 4 is 36.4 Å². The summed E-state index contributed by atoms with van der Waals surface area (Å²) >= 11 is 6.03. The number of alkyl halides is 3. The lowest BCUT2D eigenvalue weighted by molar-refractivity contribution is -0.274. The van der Waals surface area contributed by atoms with Crippen LogP contribution in [0.1, 0.15) is 38.3 Å². The minimum atomic E-state index is -4.74. The zero-order chi connectivity index (χ0) is 17.7. The number of rotatable bonds is 6. The number of hydrogen-bond acceptors (Lipinski definition) is 3. The summed E-state index contributed by atoms with van der Waals surface area (Å²) in [5.74, 6) is 0.217. The Morgan fingerprint density at radius 2 is 1.77 bits per heavy atom. The molecule has 0 unspecified atom stereocenters.